The van der Waals surface area contributed by atoms with E-state index in [1.807, 2.05) is 0 Å². The van der Waals surface area contributed by atoms with Crippen molar-refractivity contribution in [3.05, 3.63) is 36.5 Å². The number of allylic oxidation sites excluding steroid dienone is 6. The molecule has 5 heteroatoms. The summed E-state index contributed by atoms with van der Waals surface area (Å²) in [6.45, 7) is 4.16. The van der Waals surface area contributed by atoms with Crippen molar-refractivity contribution >= 4 is 11.9 Å². The van der Waals surface area contributed by atoms with Crippen molar-refractivity contribution in [3.63, 3.8) is 0 Å². The Morgan fingerprint density at radius 2 is 0.678 bits per heavy atom. The largest absolute Gasteiger partial charge is 0.462 e. The smallest absolute Gasteiger partial charge is 0.306 e. The number of aliphatic hydroxyl groups is 1. The summed E-state index contributed by atoms with van der Waals surface area (Å²) in [5.41, 5.74) is 0. The van der Waals surface area contributed by atoms with E-state index in [0.29, 0.717) is 12.8 Å². The van der Waals surface area contributed by atoms with E-state index >= 15 is 0 Å². The van der Waals surface area contributed by atoms with E-state index in [1.165, 1.54) is 199 Å². The van der Waals surface area contributed by atoms with E-state index in [0.717, 1.165) is 51.4 Å². The van der Waals surface area contributed by atoms with Crippen molar-refractivity contribution in [2.45, 2.75) is 283 Å². The summed E-state index contributed by atoms with van der Waals surface area (Å²) in [7, 11) is 0. The second-order valence-corrected chi connectivity index (χ2v) is 17.6. The molecule has 0 radical (unpaired) electrons. The Hall–Kier alpha value is -1.88. The van der Waals surface area contributed by atoms with E-state index in [9.17, 15) is 14.7 Å². The van der Waals surface area contributed by atoms with Crippen LogP contribution in [-0.4, -0.2) is 36.4 Å². The van der Waals surface area contributed by atoms with Gasteiger partial charge in [-0.25, -0.2) is 0 Å². The molecule has 346 valence electrons. The maximum atomic E-state index is 12.3. The molecule has 1 atom stereocenters. The highest BCUT2D eigenvalue weighted by molar-refractivity contribution is 5.70. The number of rotatable bonds is 48. The molecule has 0 bridgehead atoms. The second-order valence-electron chi connectivity index (χ2n) is 17.6. The van der Waals surface area contributed by atoms with Crippen LogP contribution >= 0.6 is 0 Å². The van der Waals surface area contributed by atoms with Gasteiger partial charge in [0.25, 0.3) is 0 Å². The van der Waals surface area contributed by atoms with Crippen LogP contribution in [0.5, 0.6) is 0 Å². The molecule has 0 spiro atoms. The number of hydrogen-bond donors (Lipinski definition) is 1. The summed E-state index contributed by atoms with van der Waals surface area (Å²) in [6.07, 6.45) is 63.9. The first kappa shape index (κ1) is 57.1. The molecule has 1 unspecified atom stereocenters. The van der Waals surface area contributed by atoms with Crippen LogP contribution in [0.15, 0.2) is 36.5 Å². The minimum atomic E-state index is -0.769. The zero-order valence-corrected chi connectivity index (χ0v) is 39.5. The monoisotopic (exact) mass is 829 g/mol. The highest BCUT2D eigenvalue weighted by Crippen LogP contribution is 2.16. The average molecular weight is 829 g/mol. The standard InChI is InChI=1S/C54H100O5/c1-3-5-7-9-11-13-15-17-19-21-22-23-24-25-26-27-28-29-30-31-32-33-35-37-39-41-43-45-47-49-54(57)59-52(50-55)51-58-53(56)48-46-44-42-40-38-36-34-20-18-16-14-12-10-8-6-4-2/h15,17,21-22,24-25,52,55H,3-14,16,18-20,23,26-51H2,1-2H3/b17-15-,22-21-,25-24-. The molecule has 59 heavy (non-hydrogen) atoms. The number of hydrogen-bond acceptors (Lipinski definition) is 5. The van der Waals surface area contributed by atoms with Crippen LogP contribution in [0.1, 0.15) is 277 Å². The van der Waals surface area contributed by atoms with E-state index in [-0.39, 0.29) is 25.2 Å². The summed E-state index contributed by atoms with van der Waals surface area (Å²) >= 11 is 0. The van der Waals surface area contributed by atoms with Crippen molar-refractivity contribution < 1.29 is 24.2 Å². The van der Waals surface area contributed by atoms with Gasteiger partial charge in [-0.3, -0.25) is 9.59 Å². The maximum absolute atomic E-state index is 12.3. The van der Waals surface area contributed by atoms with Crippen molar-refractivity contribution in [1.82, 2.24) is 0 Å². The normalized spacial score (nSPS) is 12.4. The predicted octanol–water partition coefficient (Wildman–Crippen LogP) is 17.1. The van der Waals surface area contributed by atoms with Gasteiger partial charge in [0.05, 0.1) is 6.61 Å². The molecule has 0 amide bonds. The summed E-state index contributed by atoms with van der Waals surface area (Å²) in [6, 6.07) is 0. The first-order valence-corrected chi connectivity index (χ1v) is 26.0. The van der Waals surface area contributed by atoms with Gasteiger partial charge in [-0.05, 0) is 51.4 Å². The first-order chi connectivity index (χ1) is 29.1. The lowest BCUT2D eigenvalue weighted by Crippen LogP contribution is -2.28. The van der Waals surface area contributed by atoms with Crippen LogP contribution in [0.2, 0.25) is 0 Å². The molecular formula is C54H100O5. The Morgan fingerprint density at radius 3 is 1.02 bits per heavy atom. The number of unbranched alkanes of at least 4 members (excludes halogenated alkanes) is 34. The predicted molar refractivity (Wildman–Crippen MR) is 256 cm³/mol. The molecule has 0 aromatic heterocycles. The Bertz CT molecular complexity index is 939. The molecule has 0 saturated carbocycles. The molecule has 0 aromatic carbocycles. The van der Waals surface area contributed by atoms with E-state index < -0.39 is 6.10 Å². The molecule has 0 fully saturated rings. The van der Waals surface area contributed by atoms with Gasteiger partial charge in [0.1, 0.15) is 6.61 Å². The van der Waals surface area contributed by atoms with Gasteiger partial charge in [0.15, 0.2) is 6.10 Å². The summed E-state index contributed by atoms with van der Waals surface area (Å²) in [4.78, 5) is 24.4. The number of carbonyl (C=O) groups excluding carboxylic acids is 2. The van der Waals surface area contributed by atoms with Gasteiger partial charge in [-0.1, -0.05) is 249 Å². The molecule has 5 nitrogen and oxygen atoms in total. The molecule has 0 saturated heterocycles. The third-order valence-corrected chi connectivity index (χ3v) is 11.7. The fourth-order valence-corrected chi connectivity index (χ4v) is 7.74. The van der Waals surface area contributed by atoms with E-state index in [4.69, 9.17) is 9.47 Å². The molecule has 1 N–H and O–H groups in total. The van der Waals surface area contributed by atoms with Crippen LogP contribution in [-0.2, 0) is 19.1 Å². The molecule has 0 heterocycles. The minimum absolute atomic E-state index is 0.0612. The Balaban J connectivity index is 3.46. The quantitative estimate of drug-likeness (QED) is 0.0376. The van der Waals surface area contributed by atoms with Crippen molar-refractivity contribution in [1.29, 1.82) is 0 Å². The number of ether oxygens (including phenoxy) is 2. The lowest BCUT2D eigenvalue weighted by Gasteiger charge is -2.15. The molecular weight excluding hydrogens is 729 g/mol. The third kappa shape index (κ3) is 48.7. The Morgan fingerprint density at radius 1 is 0.390 bits per heavy atom. The van der Waals surface area contributed by atoms with Gasteiger partial charge in [0, 0.05) is 12.8 Å². The maximum Gasteiger partial charge on any atom is 0.306 e. The van der Waals surface area contributed by atoms with Crippen LogP contribution in [0.25, 0.3) is 0 Å². The summed E-state index contributed by atoms with van der Waals surface area (Å²) in [5.74, 6) is -0.577. The lowest BCUT2D eigenvalue weighted by atomic mass is 10.0. The summed E-state index contributed by atoms with van der Waals surface area (Å²) < 4.78 is 10.7. The molecule has 0 aliphatic heterocycles. The Labute approximate surface area is 367 Å². The SMILES string of the molecule is CCCCCCC/C=C\C/C=C\C/C=C\CCCCCCCCCCCCCCCCC(=O)OC(CO)COC(=O)CCCCCCCCCCCCCCCCCC. The zero-order chi connectivity index (χ0) is 42.8. The van der Waals surface area contributed by atoms with E-state index in [2.05, 4.69) is 50.3 Å². The molecule has 0 aliphatic carbocycles. The molecule has 0 rings (SSSR count). The van der Waals surface area contributed by atoms with Gasteiger partial charge in [-0.15, -0.1) is 0 Å². The molecule has 0 aliphatic rings. The third-order valence-electron chi connectivity index (χ3n) is 11.7. The van der Waals surface area contributed by atoms with Crippen molar-refractivity contribution in [2.75, 3.05) is 13.2 Å². The van der Waals surface area contributed by atoms with Crippen LogP contribution in [0, 0.1) is 0 Å². The Kier molecular flexibility index (Phi) is 48.9. The van der Waals surface area contributed by atoms with Crippen LogP contribution < -0.4 is 0 Å². The van der Waals surface area contributed by atoms with Gasteiger partial charge in [-0.2, -0.15) is 0 Å². The zero-order valence-electron chi connectivity index (χ0n) is 39.5. The highest BCUT2D eigenvalue weighted by atomic mass is 16.6. The summed E-state index contributed by atoms with van der Waals surface area (Å²) in [5, 5.41) is 9.62. The fourth-order valence-electron chi connectivity index (χ4n) is 7.74. The lowest BCUT2D eigenvalue weighted by molar-refractivity contribution is -0.161. The van der Waals surface area contributed by atoms with Crippen molar-refractivity contribution in [3.8, 4) is 0 Å². The number of aliphatic hydroxyl groups excluding tert-OH is 1. The first-order valence-electron chi connectivity index (χ1n) is 26.0. The van der Waals surface area contributed by atoms with Crippen molar-refractivity contribution in [2.24, 2.45) is 0 Å². The minimum Gasteiger partial charge on any atom is -0.462 e. The van der Waals surface area contributed by atoms with E-state index in [1.54, 1.807) is 0 Å². The van der Waals surface area contributed by atoms with Gasteiger partial charge >= 0.3 is 11.9 Å². The second kappa shape index (κ2) is 50.5. The van der Waals surface area contributed by atoms with Gasteiger partial charge in [0.2, 0.25) is 0 Å². The topological polar surface area (TPSA) is 72.8 Å². The number of carbonyl (C=O) groups is 2. The van der Waals surface area contributed by atoms with Crippen LogP contribution in [0.4, 0.5) is 0 Å². The average Bonchev–Trinajstić information content (AvgIpc) is 3.24. The highest BCUT2D eigenvalue weighted by Gasteiger charge is 2.16. The van der Waals surface area contributed by atoms with Crippen LogP contribution in [0.3, 0.4) is 0 Å². The molecule has 0 aromatic rings. The fraction of sp³-hybridized carbons (Fsp3) is 0.852. The van der Waals surface area contributed by atoms with Gasteiger partial charge < -0.3 is 14.6 Å². The number of esters is 2.